The van der Waals surface area contributed by atoms with Crippen LogP contribution in [0.15, 0.2) is 64.7 Å². The first-order valence-corrected chi connectivity index (χ1v) is 10.8. The molecule has 0 N–H and O–H groups in total. The Morgan fingerprint density at radius 2 is 1.69 bits per heavy atom. The van der Waals surface area contributed by atoms with Crippen LogP contribution in [0.5, 0.6) is 0 Å². The van der Waals surface area contributed by atoms with Gasteiger partial charge in [-0.2, -0.15) is 0 Å². The first kappa shape index (κ1) is 16.9. The third-order valence-electron chi connectivity index (χ3n) is 5.77. The Bertz CT molecular complexity index is 1320. The summed E-state index contributed by atoms with van der Waals surface area (Å²) in [6.45, 7) is 4.89. The Hall–Kier alpha value is -2.96. The number of para-hydroxylation sites is 1. The van der Waals surface area contributed by atoms with Gasteiger partial charge in [0, 0.05) is 42.8 Å². The molecule has 6 heteroatoms. The number of hydrogen-bond acceptors (Lipinski definition) is 6. The molecule has 0 amide bonds. The Balaban J connectivity index is 1.23. The van der Waals surface area contributed by atoms with Crippen molar-refractivity contribution in [3.63, 3.8) is 0 Å². The molecule has 1 fully saturated rings. The lowest BCUT2D eigenvalue weighted by molar-refractivity contribution is 0.250. The van der Waals surface area contributed by atoms with Gasteiger partial charge in [-0.05, 0) is 34.5 Å². The van der Waals surface area contributed by atoms with E-state index in [1.807, 2.05) is 29.5 Å². The highest BCUT2D eigenvalue weighted by atomic mass is 32.1. The second kappa shape index (κ2) is 6.83. The number of rotatable bonds is 3. The van der Waals surface area contributed by atoms with E-state index in [4.69, 9.17) is 4.42 Å². The summed E-state index contributed by atoms with van der Waals surface area (Å²) in [6.07, 6.45) is 1.66. The molecule has 1 saturated heterocycles. The molecule has 6 rings (SSSR count). The molecule has 0 bridgehead atoms. The highest BCUT2D eigenvalue weighted by molar-refractivity contribution is 7.17. The Morgan fingerprint density at radius 1 is 0.897 bits per heavy atom. The second-order valence-corrected chi connectivity index (χ2v) is 8.40. The number of thiophene rings is 1. The van der Waals surface area contributed by atoms with E-state index >= 15 is 0 Å². The van der Waals surface area contributed by atoms with Gasteiger partial charge in [-0.1, -0.05) is 30.3 Å². The predicted molar refractivity (Wildman–Crippen MR) is 119 cm³/mol. The van der Waals surface area contributed by atoms with Crippen molar-refractivity contribution in [2.45, 2.75) is 6.54 Å². The minimum atomic E-state index is 0.797. The van der Waals surface area contributed by atoms with E-state index in [2.05, 4.69) is 55.5 Å². The summed E-state index contributed by atoms with van der Waals surface area (Å²) in [4.78, 5) is 13.9. The van der Waals surface area contributed by atoms with Crippen molar-refractivity contribution in [2.75, 3.05) is 31.1 Å². The lowest BCUT2D eigenvalue weighted by Gasteiger charge is -2.35. The fourth-order valence-electron chi connectivity index (χ4n) is 4.25. The smallest absolute Gasteiger partial charge is 0.196 e. The van der Waals surface area contributed by atoms with Crippen LogP contribution in [0, 0.1) is 0 Å². The van der Waals surface area contributed by atoms with E-state index in [1.165, 1.54) is 15.6 Å². The van der Waals surface area contributed by atoms with Gasteiger partial charge in [-0.3, -0.25) is 4.90 Å². The number of benzene rings is 2. The lowest BCUT2D eigenvalue weighted by Crippen LogP contribution is -2.46. The maximum absolute atomic E-state index is 6.12. The van der Waals surface area contributed by atoms with Gasteiger partial charge in [-0.15, -0.1) is 11.3 Å². The Labute approximate surface area is 172 Å². The van der Waals surface area contributed by atoms with Crippen molar-refractivity contribution in [3.05, 3.63) is 65.8 Å². The molecule has 3 aromatic heterocycles. The lowest BCUT2D eigenvalue weighted by atomic mass is 10.1. The molecule has 29 heavy (non-hydrogen) atoms. The maximum atomic E-state index is 6.12. The van der Waals surface area contributed by atoms with Gasteiger partial charge in [0.25, 0.3) is 0 Å². The van der Waals surface area contributed by atoms with Crippen LogP contribution in [-0.2, 0) is 6.54 Å². The van der Waals surface area contributed by atoms with Gasteiger partial charge >= 0.3 is 0 Å². The normalized spacial score (nSPS) is 15.7. The van der Waals surface area contributed by atoms with Crippen LogP contribution in [0.3, 0.4) is 0 Å². The third kappa shape index (κ3) is 2.87. The number of furan rings is 1. The number of nitrogens with zero attached hydrogens (tertiary/aromatic N) is 4. The molecule has 5 aromatic rings. The summed E-state index contributed by atoms with van der Waals surface area (Å²) in [7, 11) is 0. The van der Waals surface area contributed by atoms with Crippen molar-refractivity contribution in [3.8, 4) is 0 Å². The van der Waals surface area contributed by atoms with Gasteiger partial charge in [0.1, 0.15) is 17.4 Å². The molecule has 2 aromatic carbocycles. The monoisotopic (exact) mass is 400 g/mol. The Morgan fingerprint density at radius 3 is 2.59 bits per heavy atom. The second-order valence-electron chi connectivity index (χ2n) is 7.49. The molecule has 5 nitrogen and oxygen atoms in total. The van der Waals surface area contributed by atoms with Crippen molar-refractivity contribution >= 4 is 49.3 Å². The number of fused-ring (bicyclic) bond motifs is 4. The molecular weight excluding hydrogens is 380 g/mol. The fourth-order valence-corrected chi connectivity index (χ4v) is 5.20. The van der Waals surface area contributed by atoms with Crippen LogP contribution in [0.2, 0.25) is 0 Å². The quantitative estimate of drug-likeness (QED) is 0.430. The standard InChI is InChI=1S/C23H20N4OS/c1-3-7-19-18(6-1)21-22(28-19)23(25-15-24-21)27-11-9-26(10-12-27)13-16-14-29-20-8-4-2-5-17(16)20/h1-8,14-15H,9-13H2. The number of hydrogen-bond donors (Lipinski definition) is 0. The van der Waals surface area contributed by atoms with E-state index in [9.17, 15) is 0 Å². The van der Waals surface area contributed by atoms with Crippen LogP contribution in [-0.4, -0.2) is 41.0 Å². The van der Waals surface area contributed by atoms with E-state index in [0.717, 1.165) is 60.6 Å². The fraction of sp³-hybridized carbons (Fsp3) is 0.217. The highest BCUT2D eigenvalue weighted by Crippen LogP contribution is 2.33. The molecule has 1 aliphatic heterocycles. The first-order valence-electron chi connectivity index (χ1n) is 9.91. The summed E-state index contributed by atoms with van der Waals surface area (Å²) in [5.41, 5.74) is 4.00. The summed E-state index contributed by atoms with van der Waals surface area (Å²) in [5.74, 6) is 0.909. The summed E-state index contributed by atoms with van der Waals surface area (Å²) in [5, 5.41) is 4.74. The third-order valence-corrected chi connectivity index (χ3v) is 6.78. The van der Waals surface area contributed by atoms with Crippen molar-refractivity contribution in [2.24, 2.45) is 0 Å². The zero-order valence-corrected chi connectivity index (χ0v) is 16.7. The van der Waals surface area contributed by atoms with E-state index in [0.29, 0.717) is 0 Å². The maximum Gasteiger partial charge on any atom is 0.196 e. The topological polar surface area (TPSA) is 45.4 Å². The van der Waals surface area contributed by atoms with E-state index < -0.39 is 0 Å². The van der Waals surface area contributed by atoms with Crippen molar-refractivity contribution < 1.29 is 4.42 Å². The van der Waals surface area contributed by atoms with Crippen molar-refractivity contribution in [1.29, 1.82) is 0 Å². The molecular formula is C23H20N4OS. The average Bonchev–Trinajstić information content (AvgIpc) is 3.36. The molecule has 0 spiro atoms. The first-order chi connectivity index (χ1) is 14.4. The van der Waals surface area contributed by atoms with Gasteiger partial charge in [0.2, 0.25) is 0 Å². The largest absolute Gasteiger partial charge is 0.450 e. The molecule has 1 aliphatic rings. The summed E-state index contributed by atoms with van der Waals surface area (Å²) < 4.78 is 7.49. The van der Waals surface area contributed by atoms with Crippen LogP contribution < -0.4 is 4.90 Å². The zero-order chi connectivity index (χ0) is 19.2. The van der Waals surface area contributed by atoms with Crippen LogP contribution in [0.1, 0.15) is 5.56 Å². The van der Waals surface area contributed by atoms with Gasteiger partial charge in [0.05, 0.1) is 0 Å². The SMILES string of the molecule is c1ccc2c(c1)oc1c(N3CCN(Cc4csc5ccccc45)CC3)ncnc12. The molecule has 0 atom stereocenters. The van der Waals surface area contributed by atoms with Gasteiger partial charge < -0.3 is 9.32 Å². The highest BCUT2D eigenvalue weighted by Gasteiger charge is 2.23. The number of aromatic nitrogens is 2. The summed E-state index contributed by atoms with van der Waals surface area (Å²) in [6, 6.07) is 16.7. The van der Waals surface area contributed by atoms with Crippen molar-refractivity contribution in [1.82, 2.24) is 14.9 Å². The number of piperazine rings is 1. The van der Waals surface area contributed by atoms with E-state index in [-0.39, 0.29) is 0 Å². The summed E-state index contributed by atoms with van der Waals surface area (Å²) >= 11 is 1.84. The van der Waals surface area contributed by atoms with Gasteiger partial charge in [0.15, 0.2) is 11.4 Å². The molecule has 0 saturated carbocycles. The van der Waals surface area contributed by atoms with E-state index in [1.54, 1.807) is 6.33 Å². The zero-order valence-electron chi connectivity index (χ0n) is 15.9. The average molecular weight is 401 g/mol. The van der Waals surface area contributed by atoms with Crippen LogP contribution in [0.25, 0.3) is 32.2 Å². The Kier molecular flexibility index (Phi) is 3.99. The molecule has 0 unspecified atom stereocenters. The van der Waals surface area contributed by atoms with Gasteiger partial charge in [-0.25, -0.2) is 9.97 Å². The molecule has 0 aliphatic carbocycles. The van der Waals surface area contributed by atoms with Crippen LogP contribution in [0.4, 0.5) is 5.82 Å². The minimum Gasteiger partial charge on any atom is -0.450 e. The van der Waals surface area contributed by atoms with Crippen LogP contribution >= 0.6 is 11.3 Å². The predicted octanol–water partition coefficient (Wildman–Crippen LogP) is 4.91. The number of anilines is 1. The molecule has 0 radical (unpaired) electrons. The minimum absolute atomic E-state index is 0.797. The molecule has 4 heterocycles. The molecule has 144 valence electrons.